The van der Waals surface area contributed by atoms with Crippen molar-refractivity contribution in [1.82, 2.24) is 4.90 Å². The summed E-state index contributed by atoms with van der Waals surface area (Å²) in [5.74, 6) is -2.94. The van der Waals surface area contributed by atoms with Gasteiger partial charge in [0.05, 0.1) is 11.2 Å². The molecule has 184 valence electrons. The van der Waals surface area contributed by atoms with Gasteiger partial charge in [0.1, 0.15) is 11.3 Å². The second kappa shape index (κ2) is 10.1. The molecule has 2 aromatic rings. The largest absolute Gasteiger partial charge is 0.425 e. The van der Waals surface area contributed by atoms with Crippen LogP contribution in [-0.4, -0.2) is 42.6 Å². The van der Waals surface area contributed by atoms with E-state index in [0.717, 1.165) is 25.5 Å². The molecule has 6 nitrogen and oxygen atoms in total. The summed E-state index contributed by atoms with van der Waals surface area (Å²) in [5.41, 5.74) is -4.08. The van der Waals surface area contributed by atoms with E-state index in [0.29, 0.717) is 19.4 Å². The summed E-state index contributed by atoms with van der Waals surface area (Å²) < 4.78 is 53.1. The summed E-state index contributed by atoms with van der Waals surface area (Å²) in [6.07, 6.45) is -3.14. The summed E-state index contributed by atoms with van der Waals surface area (Å²) in [7, 11) is 3.53. The van der Waals surface area contributed by atoms with Crippen LogP contribution in [0.5, 0.6) is 11.5 Å². The van der Waals surface area contributed by atoms with Crippen molar-refractivity contribution in [2.24, 2.45) is 5.92 Å². The highest BCUT2D eigenvalue weighted by molar-refractivity contribution is 5.96. The summed E-state index contributed by atoms with van der Waals surface area (Å²) in [4.78, 5) is 26.7. The van der Waals surface area contributed by atoms with Crippen LogP contribution in [0.4, 0.5) is 13.2 Å². The first-order valence-electron chi connectivity index (χ1n) is 11.0. The average molecular weight is 479 g/mol. The molecule has 0 amide bonds. The molecule has 34 heavy (non-hydrogen) atoms. The van der Waals surface area contributed by atoms with Crippen LogP contribution in [0.25, 0.3) is 0 Å². The minimum Gasteiger partial charge on any atom is -0.425 e. The van der Waals surface area contributed by atoms with Crippen molar-refractivity contribution >= 4 is 11.9 Å². The standard InChI is InChI=1S/C25H28F3NO5/c1-16(30)33-22-19(23(31)34-18-10-5-4-6-11-18)12-13-20(25(26,27)28)21(22)24(32)14-8-7-9-17(24)15-29(2)3/h4-6,10-13,17,32H,7-9,14-15H2,1-3H3. The van der Waals surface area contributed by atoms with Crippen molar-refractivity contribution < 1.29 is 37.3 Å². The minimum absolute atomic E-state index is 0.0278. The van der Waals surface area contributed by atoms with Gasteiger partial charge in [0, 0.05) is 24.9 Å². The van der Waals surface area contributed by atoms with Gasteiger partial charge in [0.25, 0.3) is 0 Å². The predicted molar refractivity (Wildman–Crippen MR) is 119 cm³/mol. The Kier molecular flexibility index (Phi) is 7.67. The first-order chi connectivity index (χ1) is 15.9. The molecule has 2 atom stereocenters. The number of nitrogens with zero attached hydrogens (tertiary/aromatic N) is 1. The second-order valence-corrected chi connectivity index (χ2v) is 8.79. The summed E-state index contributed by atoms with van der Waals surface area (Å²) in [5, 5.41) is 11.8. The zero-order valence-electron chi connectivity index (χ0n) is 19.3. The zero-order chi connectivity index (χ0) is 25.1. The lowest BCUT2D eigenvalue weighted by molar-refractivity contribution is -0.145. The molecule has 1 aliphatic rings. The Morgan fingerprint density at radius 2 is 1.76 bits per heavy atom. The molecule has 0 aromatic heterocycles. The Bertz CT molecular complexity index is 1040. The van der Waals surface area contributed by atoms with E-state index in [1.54, 1.807) is 37.2 Å². The Labute approximate surface area is 196 Å². The topological polar surface area (TPSA) is 76.1 Å². The smallest absolute Gasteiger partial charge is 0.416 e. The lowest BCUT2D eigenvalue weighted by Gasteiger charge is -2.43. The zero-order valence-corrected chi connectivity index (χ0v) is 19.3. The number of para-hydroxylation sites is 1. The molecule has 1 saturated carbocycles. The Balaban J connectivity index is 2.25. The van der Waals surface area contributed by atoms with E-state index in [-0.39, 0.29) is 17.7 Å². The minimum atomic E-state index is -4.86. The molecule has 1 aliphatic carbocycles. The SMILES string of the molecule is CC(=O)Oc1c(C(=O)Oc2ccccc2)ccc(C(F)(F)F)c1C1(O)CCCCC1CN(C)C. The van der Waals surface area contributed by atoms with Gasteiger partial charge in [0.15, 0.2) is 5.75 Å². The van der Waals surface area contributed by atoms with Crippen molar-refractivity contribution in [1.29, 1.82) is 0 Å². The molecule has 0 bridgehead atoms. The number of halogens is 3. The Hall–Kier alpha value is -2.91. The summed E-state index contributed by atoms with van der Waals surface area (Å²) >= 11 is 0. The lowest BCUT2D eigenvalue weighted by atomic mass is 9.69. The molecule has 0 radical (unpaired) electrons. The fraction of sp³-hybridized carbons (Fsp3) is 0.440. The first kappa shape index (κ1) is 25.7. The molecule has 2 unspecified atom stereocenters. The molecular weight excluding hydrogens is 451 g/mol. The molecule has 3 rings (SSSR count). The van der Waals surface area contributed by atoms with E-state index >= 15 is 0 Å². The number of alkyl halides is 3. The van der Waals surface area contributed by atoms with Crippen molar-refractivity contribution in [2.45, 2.75) is 44.4 Å². The first-order valence-corrected chi connectivity index (χ1v) is 11.0. The van der Waals surface area contributed by atoms with Crippen LogP contribution in [0.1, 0.15) is 54.1 Å². The third-order valence-corrected chi connectivity index (χ3v) is 5.94. The Morgan fingerprint density at radius 3 is 2.35 bits per heavy atom. The predicted octanol–water partition coefficient (Wildman–Crippen LogP) is 4.79. The van der Waals surface area contributed by atoms with E-state index < -0.39 is 46.5 Å². The Morgan fingerprint density at radius 1 is 1.09 bits per heavy atom. The number of benzene rings is 2. The highest BCUT2D eigenvalue weighted by atomic mass is 19.4. The number of rotatable bonds is 6. The molecule has 0 spiro atoms. The van der Waals surface area contributed by atoms with Gasteiger partial charge in [-0.05, 0) is 51.2 Å². The van der Waals surface area contributed by atoms with Crippen LogP contribution in [0.3, 0.4) is 0 Å². The van der Waals surface area contributed by atoms with Crippen molar-refractivity contribution in [3.05, 3.63) is 59.2 Å². The van der Waals surface area contributed by atoms with E-state index in [2.05, 4.69) is 0 Å². The van der Waals surface area contributed by atoms with Crippen LogP contribution < -0.4 is 9.47 Å². The second-order valence-electron chi connectivity index (χ2n) is 8.79. The van der Waals surface area contributed by atoms with Crippen LogP contribution in [0, 0.1) is 5.92 Å². The third-order valence-electron chi connectivity index (χ3n) is 5.94. The van der Waals surface area contributed by atoms with Crippen LogP contribution >= 0.6 is 0 Å². The maximum absolute atomic E-state index is 14.2. The molecule has 0 saturated heterocycles. The summed E-state index contributed by atoms with van der Waals surface area (Å²) in [6.45, 7) is 1.34. The third kappa shape index (κ3) is 5.59. The maximum atomic E-state index is 14.2. The molecule has 1 N–H and O–H groups in total. The van der Waals surface area contributed by atoms with Gasteiger partial charge in [-0.2, -0.15) is 13.2 Å². The van der Waals surface area contributed by atoms with E-state index in [1.807, 2.05) is 0 Å². The fourth-order valence-electron chi connectivity index (χ4n) is 4.55. The normalized spacial score (nSPS) is 20.8. The highest BCUT2D eigenvalue weighted by Crippen LogP contribution is 2.51. The number of ether oxygens (including phenoxy) is 2. The average Bonchev–Trinajstić information content (AvgIpc) is 2.74. The van der Waals surface area contributed by atoms with Gasteiger partial charge in [-0.25, -0.2) is 4.79 Å². The number of carbonyl (C=O) groups is 2. The fourth-order valence-corrected chi connectivity index (χ4v) is 4.55. The monoisotopic (exact) mass is 479 g/mol. The van der Waals surface area contributed by atoms with Gasteiger partial charge in [-0.3, -0.25) is 4.79 Å². The maximum Gasteiger partial charge on any atom is 0.416 e. The highest BCUT2D eigenvalue weighted by Gasteiger charge is 2.49. The van der Waals surface area contributed by atoms with Crippen LogP contribution in [0.2, 0.25) is 0 Å². The van der Waals surface area contributed by atoms with Gasteiger partial charge in [-0.15, -0.1) is 0 Å². The molecule has 9 heteroatoms. The lowest BCUT2D eigenvalue weighted by Crippen LogP contribution is -2.44. The molecule has 2 aromatic carbocycles. The number of aliphatic hydroxyl groups is 1. The van der Waals surface area contributed by atoms with Gasteiger partial charge < -0.3 is 19.5 Å². The molecular formula is C25H28F3NO5. The molecule has 0 aliphatic heterocycles. The van der Waals surface area contributed by atoms with Crippen LogP contribution in [-0.2, 0) is 16.6 Å². The number of carbonyl (C=O) groups excluding carboxylic acids is 2. The van der Waals surface area contributed by atoms with E-state index in [9.17, 15) is 27.9 Å². The number of esters is 2. The quantitative estimate of drug-likeness (QED) is 0.474. The molecule has 0 heterocycles. The molecule has 1 fully saturated rings. The van der Waals surface area contributed by atoms with E-state index in [4.69, 9.17) is 9.47 Å². The van der Waals surface area contributed by atoms with Crippen molar-refractivity contribution in [3.63, 3.8) is 0 Å². The van der Waals surface area contributed by atoms with Crippen molar-refractivity contribution in [3.8, 4) is 11.5 Å². The van der Waals surface area contributed by atoms with Gasteiger partial charge in [-0.1, -0.05) is 31.0 Å². The van der Waals surface area contributed by atoms with E-state index in [1.165, 1.54) is 12.1 Å². The van der Waals surface area contributed by atoms with Crippen molar-refractivity contribution in [2.75, 3.05) is 20.6 Å². The summed E-state index contributed by atoms with van der Waals surface area (Å²) in [6, 6.07) is 9.65. The number of hydrogen-bond acceptors (Lipinski definition) is 6. The van der Waals surface area contributed by atoms with Crippen LogP contribution in [0.15, 0.2) is 42.5 Å². The number of hydrogen-bond donors (Lipinski definition) is 1. The van der Waals surface area contributed by atoms with Gasteiger partial charge >= 0.3 is 18.1 Å². The van der Waals surface area contributed by atoms with Gasteiger partial charge in [0.2, 0.25) is 0 Å².